The van der Waals surface area contributed by atoms with Gasteiger partial charge in [0.25, 0.3) is 0 Å². The second-order valence-corrected chi connectivity index (χ2v) is 3.17. The Bertz CT molecular complexity index is 42.2. The molecule has 0 aliphatic carbocycles. The maximum absolute atomic E-state index is 10.00. The van der Waals surface area contributed by atoms with Gasteiger partial charge in [-0.1, -0.05) is 6.92 Å². The minimum atomic E-state index is -1.12. The van der Waals surface area contributed by atoms with Gasteiger partial charge in [0.05, 0.1) is 7.80 Å². The molecule has 0 radical (unpaired) electrons. The molecule has 2 heteroatoms. The topological polar surface area (TPSA) is 17.1 Å². The lowest BCUT2D eigenvalue weighted by atomic mass is 11.0. The summed E-state index contributed by atoms with van der Waals surface area (Å²) >= 11 is 0. The quantitative estimate of drug-likeness (QED) is 0.444. The van der Waals surface area contributed by atoms with Crippen LogP contribution in [0.1, 0.15) is 6.92 Å². The van der Waals surface area contributed by atoms with Crippen molar-refractivity contribution in [3.8, 4) is 0 Å². The van der Waals surface area contributed by atoms with E-state index in [1.165, 1.54) is 0 Å². The van der Waals surface area contributed by atoms with Gasteiger partial charge in [-0.05, 0) is 12.8 Å². The molecule has 0 aromatic rings. The molecule has 0 saturated heterocycles. The van der Waals surface area contributed by atoms with Gasteiger partial charge in [0.2, 0.25) is 0 Å². The van der Waals surface area contributed by atoms with E-state index in [0.29, 0.717) is 0 Å². The molecule has 1 unspecified atom stereocenters. The molecule has 0 bridgehead atoms. The number of rotatable bonds is 1. The van der Waals surface area contributed by atoms with Crippen LogP contribution in [0.25, 0.3) is 0 Å². The molecule has 5 heavy (non-hydrogen) atoms. The normalized spacial score (nSPS) is 14.8. The molecule has 0 amide bonds. The van der Waals surface area contributed by atoms with E-state index in [1.807, 2.05) is 6.92 Å². The van der Waals surface area contributed by atoms with E-state index in [9.17, 15) is 4.57 Å². The van der Waals surface area contributed by atoms with Crippen LogP contribution in [-0.4, -0.2) is 12.8 Å². The van der Waals surface area contributed by atoms with Crippen LogP contribution in [0.3, 0.4) is 0 Å². The summed E-state index contributed by atoms with van der Waals surface area (Å²) in [7, 11) is -1.12. The predicted octanol–water partition coefficient (Wildman–Crippen LogP) is 1.20. The fourth-order valence-corrected chi connectivity index (χ4v) is 0. The molecule has 0 fully saturated rings. The first-order valence-corrected chi connectivity index (χ1v) is 3.88. The first kappa shape index (κ1) is 5.23. The van der Waals surface area contributed by atoms with Crippen molar-refractivity contribution in [1.82, 2.24) is 0 Å². The Morgan fingerprint density at radius 2 is 2.00 bits per heavy atom. The van der Waals surface area contributed by atoms with Crippen molar-refractivity contribution in [2.24, 2.45) is 0 Å². The average Bonchev–Trinajstić information content (AvgIpc) is 1.38. The van der Waals surface area contributed by atoms with Crippen LogP contribution >= 0.6 is 7.80 Å². The van der Waals surface area contributed by atoms with E-state index in [1.54, 1.807) is 6.66 Å². The maximum Gasteiger partial charge on any atom is 0.0730 e. The Kier molecular flexibility index (Phi) is 2.58. The van der Waals surface area contributed by atoms with Crippen LogP contribution in [0, 0.1) is 0 Å². The van der Waals surface area contributed by atoms with Gasteiger partial charge in [-0.2, -0.15) is 0 Å². The minimum absolute atomic E-state index is 0.852. The zero-order chi connectivity index (χ0) is 4.28. The van der Waals surface area contributed by atoms with Gasteiger partial charge in [0, 0.05) is 0 Å². The second kappa shape index (κ2) is 2.47. The molecular formula is C3H9OP. The maximum atomic E-state index is 10.00. The van der Waals surface area contributed by atoms with E-state index in [2.05, 4.69) is 0 Å². The van der Waals surface area contributed by atoms with Crippen molar-refractivity contribution in [3.63, 3.8) is 0 Å². The third-order valence-corrected chi connectivity index (χ3v) is 1.49. The molecule has 0 rings (SSSR count). The summed E-state index contributed by atoms with van der Waals surface area (Å²) in [6.45, 7) is 3.70. The van der Waals surface area contributed by atoms with Crippen molar-refractivity contribution in [1.29, 1.82) is 0 Å². The van der Waals surface area contributed by atoms with Gasteiger partial charge < -0.3 is 4.57 Å². The molecule has 0 aliphatic heterocycles. The zero-order valence-electron chi connectivity index (χ0n) is 3.62. The minimum Gasteiger partial charge on any atom is -0.327 e. The molecule has 0 aromatic heterocycles. The van der Waals surface area contributed by atoms with Crippen LogP contribution in [-0.2, 0) is 4.57 Å². The largest absolute Gasteiger partial charge is 0.327 e. The summed E-state index contributed by atoms with van der Waals surface area (Å²) in [6.07, 6.45) is 0.852. The van der Waals surface area contributed by atoms with E-state index >= 15 is 0 Å². The monoisotopic (exact) mass is 92.0 g/mol. The molecule has 1 atom stereocenters. The fourth-order valence-electron chi connectivity index (χ4n) is 0. The molecule has 0 saturated carbocycles. The highest BCUT2D eigenvalue weighted by Crippen LogP contribution is 2.09. The Hall–Kier alpha value is 0.230. The number of hydrogen-bond donors (Lipinski definition) is 0. The highest BCUT2D eigenvalue weighted by molar-refractivity contribution is 7.43. The molecule has 0 spiro atoms. The highest BCUT2D eigenvalue weighted by atomic mass is 31.1. The average molecular weight is 92.1 g/mol. The van der Waals surface area contributed by atoms with Crippen LogP contribution in [0.4, 0.5) is 0 Å². The second-order valence-electron chi connectivity index (χ2n) is 1.06. The molecular weight excluding hydrogens is 83.0 g/mol. The summed E-state index contributed by atoms with van der Waals surface area (Å²) in [5.41, 5.74) is 0. The van der Waals surface area contributed by atoms with Gasteiger partial charge in [0.1, 0.15) is 0 Å². The van der Waals surface area contributed by atoms with E-state index in [0.717, 1.165) is 6.16 Å². The first-order chi connectivity index (χ1) is 2.27. The van der Waals surface area contributed by atoms with Crippen LogP contribution in [0.5, 0.6) is 0 Å². The van der Waals surface area contributed by atoms with Crippen molar-refractivity contribution in [2.75, 3.05) is 12.8 Å². The van der Waals surface area contributed by atoms with Gasteiger partial charge in [-0.15, -0.1) is 0 Å². The highest BCUT2D eigenvalue weighted by Gasteiger charge is 1.74. The van der Waals surface area contributed by atoms with Crippen molar-refractivity contribution in [2.45, 2.75) is 6.92 Å². The smallest absolute Gasteiger partial charge is 0.0730 e. The molecule has 0 heterocycles. The third kappa shape index (κ3) is 4.23. The van der Waals surface area contributed by atoms with Gasteiger partial charge in [-0.25, -0.2) is 0 Å². The standard InChI is InChI=1S/C3H9OP/c1-3-5(2)4/h5H,3H2,1-2H3. The molecule has 0 aromatic carbocycles. The first-order valence-electron chi connectivity index (χ1n) is 1.76. The van der Waals surface area contributed by atoms with E-state index < -0.39 is 7.80 Å². The predicted molar refractivity (Wildman–Crippen MR) is 25.5 cm³/mol. The molecule has 0 aliphatic rings. The van der Waals surface area contributed by atoms with Gasteiger partial charge in [-0.3, -0.25) is 0 Å². The fraction of sp³-hybridized carbons (Fsp3) is 1.00. The van der Waals surface area contributed by atoms with Crippen LogP contribution in [0.2, 0.25) is 0 Å². The molecule has 1 nitrogen and oxygen atoms in total. The Morgan fingerprint density at radius 1 is 1.80 bits per heavy atom. The van der Waals surface area contributed by atoms with E-state index in [-0.39, 0.29) is 0 Å². The van der Waals surface area contributed by atoms with Crippen molar-refractivity contribution in [3.05, 3.63) is 0 Å². The summed E-state index contributed by atoms with van der Waals surface area (Å²) in [6, 6.07) is 0. The molecule has 32 valence electrons. The third-order valence-electron chi connectivity index (χ3n) is 0.498. The van der Waals surface area contributed by atoms with Crippen LogP contribution < -0.4 is 0 Å². The van der Waals surface area contributed by atoms with Gasteiger partial charge >= 0.3 is 0 Å². The zero-order valence-corrected chi connectivity index (χ0v) is 4.62. The summed E-state index contributed by atoms with van der Waals surface area (Å²) in [5.74, 6) is 0. The lowest BCUT2D eigenvalue weighted by Gasteiger charge is -1.74. The lowest BCUT2D eigenvalue weighted by Crippen LogP contribution is -1.55. The Morgan fingerprint density at radius 3 is 2.00 bits per heavy atom. The summed E-state index contributed by atoms with van der Waals surface area (Å²) in [4.78, 5) is 0. The van der Waals surface area contributed by atoms with Gasteiger partial charge in [0.15, 0.2) is 0 Å². The Labute approximate surface area is 33.2 Å². The van der Waals surface area contributed by atoms with E-state index in [4.69, 9.17) is 0 Å². The van der Waals surface area contributed by atoms with Crippen molar-refractivity contribution >= 4 is 7.80 Å². The SMILES string of the molecule is CC[PH](C)=O. The van der Waals surface area contributed by atoms with Crippen LogP contribution in [0.15, 0.2) is 0 Å². The summed E-state index contributed by atoms with van der Waals surface area (Å²) < 4.78 is 10.00. The van der Waals surface area contributed by atoms with Crippen molar-refractivity contribution < 1.29 is 4.57 Å². The Balaban J connectivity index is 2.85. The summed E-state index contributed by atoms with van der Waals surface area (Å²) in [5, 5.41) is 0. The number of hydrogen-bond acceptors (Lipinski definition) is 1. The lowest BCUT2D eigenvalue weighted by molar-refractivity contribution is 0.592. The molecule has 0 N–H and O–H groups in total.